The molecule has 1 amide bonds. The number of hydrogen-bond donors (Lipinski definition) is 2. The Morgan fingerprint density at radius 3 is 2.00 bits per heavy atom. The fraction of sp³-hybridized carbons (Fsp3) is 0.750. The lowest BCUT2D eigenvalue weighted by atomic mass is 10.2. The first kappa shape index (κ1) is 10.9. The quantitative estimate of drug-likeness (QED) is 0.738. The molecule has 60 valence electrons. The SMILES string of the molecule is NC(=O)CC(N)C(Br)(Br)Br. The minimum atomic E-state index is -0.595. The van der Waals surface area contributed by atoms with Crippen LogP contribution in [0.25, 0.3) is 0 Å². The largest absolute Gasteiger partial charge is 0.370 e. The molecule has 0 aromatic rings. The van der Waals surface area contributed by atoms with Gasteiger partial charge in [0.1, 0.15) is 2.14 Å². The highest BCUT2D eigenvalue weighted by molar-refractivity contribution is 9.39. The number of halogens is 3. The van der Waals surface area contributed by atoms with Gasteiger partial charge in [-0.2, -0.15) is 0 Å². The summed E-state index contributed by atoms with van der Waals surface area (Å²) in [6.07, 6.45) is 0.127. The third-order valence-corrected chi connectivity index (χ3v) is 2.61. The number of primary amides is 1. The van der Waals surface area contributed by atoms with Crippen molar-refractivity contribution in [3.63, 3.8) is 0 Å². The van der Waals surface area contributed by atoms with Gasteiger partial charge < -0.3 is 11.5 Å². The third-order valence-electron chi connectivity index (χ3n) is 0.842. The van der Waals surface area contributed by atoms with E-state index in [0.717, 1.165) is 0 Å². The molecule has 0 aromatic heterocycles. The standard InChI is InChI=1S/C4H7Br3N2O/c5-4(6,7)2(8)1-3(9)10/h2H,1,8H2,(H2,9,10). The number of amides is 1. The summed E-state index contributed by atoms with van der Waals surface area (Å²) < 4.78 is -0.595. The zero-order chi connectivity index (χ0) is 8.36. The Balaban J connectivity index is 3.85. The van der Waals surface area contributed by atoms with Gasteiger partial charge in [-0.05, 0) is 0 Å². The molecular formula is C4H7Br3N2O. The van der Waals surface area contributed by atoms with Crippen LogP contribution in [0.2, 0.25) is 0 Å². The molecule has 0 fully saturated rings. The van der Waals surface area contributed by atoms with Gasteiger partial charge in [-0.25, -0.2) is 0 Å². The molecule has 1 atom stereocenters. The fourth-order valence-corrected chi connectivity index (χ4v) is 0.818. The molecule has 0 radical (unpaired) electrons. The van der Waals surface area contributed by atoms with Crippen LogP contribution in [0.3, 0.4) is 0 Å². The first-order valence-electron chi connectivity index (χ1n) is 2.44. The molecule has 0 aromatic carbocycles. The zero-order valence-electron chi connectivity index (χ0n) is 4.98. The maximum atomic E-state index is 10.3. The van der Waals surface area contributed by atoms with Crippen molar-refractivity contribution in [2.75, 3.05) is 0 Å². The molecule has 3 nitrogen and oxygen atoms in total. The van der Waals surface area contributed by atoms with Crippen LogP contribution in [0.5, 0.6) is 0 Å². The monoisotopic (exact) mass is 336 g/mol. The lowest BCUT2D eigenvalue weighted by Gasteiger charge is -2.19. The minimum absolute atomic E-state index is 0.127. The van der Waals surface area contributed by atoms with Gasteiger partial charge in [0.25, 0.3) is 0 Å². The number of nitrogens with two attached hydrogens (primary N) is 2. The van der Waals surface area contributed by atoms with Crippen molar-refractivity contribution in [2.45, 2.75) is 14.6 Å². The summed E-state index contributed by atoms with van der Waals surface area (Å²) in [4.78, 5) is 10.3. The van der Waals surface area contributed by atoms with Crippen LogP contribution in [-0.4, -0.2) is 14.1 Å². The van der Waals surface area contributed by atoms with Crippen LogP contribution in [0, 0.1) is 0 Å². The topological polar surface area (TPSA) is 69.1 Å². The van der Waals surface area contributed by atoms with Crippen LogP contribution in [-0.2, 0) is 4.79 Å². The van der Waals surface area contributed by atoms with E-state index in [2.05, 4.69) is 47.8 Å². The average molecular weight is 339 g/mol. The van der Waals surface area contributed by atoms with Gasteiger partial charge in [0.15, 0.2) is 0 Å². The van der Waals surface area contributed by atoms with E-state index in [1.807, 2.05) is 0 Å². The smallest absolute Gasteiger partial charge is 0.219 e. The van der Waals surface area contributed by atoms with Crippen molar-refractivity contribution in [1.29, 1.82) is 0 Å². The summed E-state index contributed by atoms with van der Waals surface area (Å²) >= 11 is 9.52. The minimum Gasteiger partial charge on any atom is -0.370 e. The van der Waals surface area contributed by atoms with E-state index >= 15 is 0 Å². The maximum absolute atomic E-state index is 10.3. The third kappa shape index (κ3) is 4.65. The molecule has 1 unspecified atom stereocenters. The predicted octanol–water partition coefficient (Wildman–Crippen LogP) is 1.03. The molecule has 4 N–H and O–H groups in total. The maximum Gasteiger partial charge on any atom is 0.219 e. The molecule has 0 bridgehead atoms. The van der Waals surface area contributed by atoms with Gasteiger partial charge in [0.05, 0.1) is 0 Å². The normalized spacial score (nSPS) is 14.8. The first-order valence-corrected chi connectivity index (χ1v) is 4.82. The lowest BCUT2D eigenvalue weighted by molar-refractivity contribution is -0.118. The molecule has 0 rings (SSSR count). The van der Waals surface area contributed by atoms with Crippen LogP contribution >= 0.6 is 47.8 Å². The average Bonchev–Trinajstić information content (AvgIpc) is 1.60. The van der Waals surface area contributed by atoms with E-state index in [0.29, 0.717) is 0 Å². The van der Waals surface area contributed by atoms with E-state index in [1.165, 1.54) is 0 Å². The van der Waals surface area contributed by atoms with Gasteiger partial charge in [0, 0.05) is 12.5 Å². The molecule has 0 saturated carbocycles. The molecular weight excluding hydrogens is 332 g/mol. The highest BCUT2D eigenvalue weighted by atomic mass is 80.0. The molecule has 0 spiro atoms. The number of carbonyl (C=O) groups excluding carboxylic acids is 1. The van der Waals surface area contributed by atoms with Crippen LogP contribution in [0.15, 0.2) is 0 Å². The summed E-state index contributed by atoms with van der Waals surface area (Å²) in [5.74, 6) is -0.421. The molecule has 6 heteroatoms. The molecule has 0 aliphatic rings. The van der Waals surface area contributed by atoms with Crippen molar-refractivity contribution < 1.29 is 4.79 Å². The Kier molecular flexibility index (Phi) is 4.39. The highest BCUT2D eigenvalue weighted by Crippen LogP contribution is 2.37. The van der Waals surface area contributed by atoms with Crippen molar-refractivity contribution in [1.82, 2.24) is 0 Å². The second-order valence-corrected chi connectivity index (χ2v) is 8.76. The highest BCUT2D eigenvalue weighted by Gasteiger charge is 2.28. The Morgan fingerprint density at radius 2 is 1.90 bits per heavy atom. The van der Waals surface area contributed by atoms with Crippen LogP contribution in [0.4, 0.5) is 0 Å². The molecule has 0 saturated heterocycles. The van der Waals surface area contributed by atoms with E-state index in [-0.39, 0.29) is 12.5 Å². The van der Waals surface area contributed by atoms with E-state index in [9.17, 15) is 4.79 Å². The van der Waals surface area contributed by atoms with Crippen LogP contribution < -0.4 is 11.5 Å². The van der Waals surface area contributed by atoms with Gasteiger partial charge >= 0.3 is 0 Å². The van der Waals surface area contributed by atoms with Crippen molar-refractivity contribution in [2.24, 2.45) is 11.5 Å². The van der Waals surface area contributed by atoms with Crippen molar-refractivity contribution in [3.05, 3.63) is 0 Å². The van der Waals surface area contributed by atoms with Gasteiger partial charge in [0.2, 0.25) is 5.91 Å². The van der Waals surface area contributed by atoms with Crippen LogP contribution in [0.1, 0.15) is 6.42 Å². The van der Waals surface area contributed by atoms with E-state index < -0.39 is 8.05 Å². The number of rotatable bonds is 2. The summed E-state index contributed by atoms with van der Waals surface area (Å²) in [7, 11) is 0. The lowest BCUT2D eigenvalue weighted by Crippen LogP contribution is -2.37. The second-order valence-electron chi connectivity index (χ2n) is 1.82. The van der Waals surface area contributed by atoms with Crippen molar-refractivity contribution in [3.8, 4) is 0 Å². The Hall–Kier alpha value is 0.870. The summed E-state index contributed by atoms with van der Waals surface area (Å²) in [6.45, 7) is 0. The Labute approximate surface area is 84.3 Å². The zero-order valence-corrected chi connectivity index (χ0v) is 9.74. The summed E-state index contributed by atoms with van der Waals surface area (Å²) in [5, 5.41) is 0. The fourth-order valence-electron chi connectivity index (χ4n) is 0.332. The first-order chi connectivity index (χ1) is 4.34. The van der Waals surface area contributed by atoms with E-state index in [1.54, 1.807) is 0 Å². The Bertz CT molecular complexity index is 133. The summed E-state index contributed by atoms with van der Waals surface area (Å²) in [6, 6.07) is -0.384. The molecule has 0 heterocycles. The predicted molar refractivity (Wildman–Crippen MR) is 51.3 cm³/mol. The van der Waals surface area contributed by atoms with Gasteiger partial charge in [-0.3, -0.25) is 4.79 Å². The molecule has 0 aliphatic carbocycles. The number of carbonyl (C=O) groups is 1. The summed E-state index contributed by atoms with van der Waals surface area (Å²) in [5.41, 5.74) is 10.4. The van der Waals surface area contributed by atoms with Gasteiger partial charge in [-0.1, -0.05) is 47.8 Å². The Morgan fingerprint density at radius 1 is 1.50 bits per heavy atom. The molecule has 0 aliphatic heterocycles. The van der Waals surface area contributed by atoms with Crippen molar-refractivity contribution >= 4 is 53.7 Å². The molecule has 10 heavy (non-hydrogen) atoms. The van der Waals surface area contributed by atoms with Gasteiger partial charge in [-0.15, -0.1) is 0 Å². The van der Waals surface area contributed by atoms with E-state index in [4.69, 9.17) is 11.5 Å². The second kappa shape index (κ2) is 4.04. The number of alkyl halides is 3. The number of hydrogen-bond acceptors (Lipinski definition) is 2.